The van der Waals surface area contributed by atoms with Gasteiger partial charge in [-0.1, -0.05) is 12.1 Å². The van der Waals surface area contributed by atoms with Crippen molar-refractivity contribution < 1.29 is 19.2 Å². The molecule has 1 atom stereocenters. The molecule has 1 aromatic rings. The van der Waals surface area contributed by atoms with E-state index in [-0.39, 0.29) is 18.7 Å². The molecule has 1 aromatic carbocycles. The first-order valence-electron chi connectivity index (χ1n) is 9.10. The summed E-state index contributed by atoms with van der Waals surface area (Å²) >= 11 is 0. The van der Waals surface area contributed by atoms with Crippen molar-refractivity contribution in [2.24, 2.45) is 5.92 Å². The van der Waals surface area contributed by atoms with Crippen molar-refractivity contribution in [3.8, 4) is 0 Å². The van der Waals surface area contributed by atoms with Crippen LogP contribution in [-0.4, -0.2) is 47.7 Å². The summed E-state index contributed by atoms with van der Waals surface area (Å²) < 4.78 is 0. The van der Waals surface area contributed by atoms with Crippen LogP contribution in [0, 0.1) is 5.92 Å². The molecule has 2 fully saturated rings. The Kier molecular flexibility index (Phi) is 4.32. The molecular formula is C19H21N3O4. The molecule has 0 aromatic heterocycles. The molecule has 26 heavy (non-hydrogen) atoms. The van der Waals surface area contributed by atoms with Crippen LogP contribution in [0.2, 0.25) is 0 Å². The molecule has 0 spiro atoms. The van der Waals surface area contributed by atoms with Crippen molar-refractivity contribution in [3.05, 3.63) is 34.9 Å². The zero-order valence-electron chi connectivity index (χ0n) is 14.4. The second-order valence-corrected chi connectivity index (χ2v) is 7.18. The summed E-state index contributed by atoms with van der Waals surface area (Å²) in [5, 5.41) is 5.55. The van der Waals surface area contributed by atoms with Crippen LogP contribution in [0.5, 0.6) is 0 Å². The average Bonchev–Trinajstić information content (AvgIpc) is 2.88. The van der Waals surface area contributed by atoms with Crippen molar-refractivity contribution in [1.82, 2.24) is 15.5 Å². The van der Waals surface area contributed by atoms with Crippen molar-refractivity contribution >= 4 is 23.6 Å². The van der Waals surface area contributed by atoms with E-state index in [0.29, 0.717) is 17.0 Å². The molecule has 2 saturated heterocycles. The molecule has 4 amide bonds. The lowest BCUT2D eigenvalue weighted by Gasteiger charge is -2.28. The fourth-order valence-electron chi connectivity index (χ4n) is 4.15. The quantitative estimate of drug-likeness (QED) is 0.776. The Morgan fingerprint density at radius 3 is 2.50 bits per heavy atom. The van der Waals surface area contributed by atoms with Gasteiger partial charge in [0.05, 0.1) is 11.1 Å². The van der Waals surface area contributed by atoms with Gasteiger partial charge in [0.15, 0.2) is 0 Å². The summed E-state index contributed by atoms with van der Waals surface area (Å²) in [5.41, 5.74) is 1.68. The Morgan fingerprint density at radius 1 is 1.00 bits per heavy atom. The van der Waals surface area contributed by atoms with E-state index in [0.717, 1.165) is 42.8 Å². The van der Waals surface area contributed by atoms with Gasteiger partial charge in [0.2, 0.25) is 11.8 Å². The molecule has 0 aliphatic carbocycles. The van der Waals surface area contributed by atoms with Crippen molar-refractivity contribution in [2.45, 2.75) is 38.1 Å². The molecule has 3 aliphatic rings. The van der Waals surface area contributed by atoms with Gasteiger partial charge in [-0.15, -0.1) is 0 Å². The molecule has 136 valence electrons. The second-order valence-electron chi connectivity index (χ2n) is 7.18. The molecule has 4 rings (SSSR count). The average molecular weight is 355 g/mol. The Morgan fingerprint density at radius 2 is 1.77 bits per heavy atom. The van der Waals surface area contributed by atoms with Crippen LogP contribution in [0.25, 0.3) is 0 Å². The summed E-state index contributed by atoms with van der Waals surface area (Å²) in [6.07, 6.45) is 3.16. The van der Waals surface area contributed by atoms with Gasteiger partial charge in [0, 0.05) is 6.42 Å². The third-order valence-electron chi connectivity index (χ3n) is 5.52. The molecule has 3 aliphatic heterocycles. The van der Waals surface area contributed by atoms with Gasteiger partial charge >= 0.3 is 0 Å². The maximum absolute atomic E-state index is 13.0. The number of rotatable bonds is 3. The summed E-state index contributed by atoms with van der Waals surface area (Å²) in [7, 11) is 0. The van der Waals surface area contributed by atoms with Gasteiger partial charge in [-0.3, -0.25) is 29.4 Å². The van der Waals surface area contributed by atoms with E-state index in [9.17, 15) is 19.2 Å². The predicted octanol–water partition coefficient (Wildman–Crippen LogP) is 0.630. The number of carbonyl (C=O) groups excluding carboxylic acids is 4. The number of piperidine rings is 2. The van der Waals surface area contributed by atoms with Crippen LogP contribution in [-0.2, 0) is 16.0 Å². The first-order valence-corrected chi connectivity index (χ1v) is 9.10. The van der Waals surface area contributed by atoms with Gasteiger partial charge < -0.3 is 5.32 Å². The van der Waals surface area contributed by atoms with Crippen LogP contribution in [0.1, 0.15) is 52.0 Å². The maximum atomic E-state index is 13.0. The minimum absolute atomic E-state index is 0.131. The minimum Gasteiger partial charge on any atom is -0.317 e. The molecule has 3 heterocycles. The van der Waals surface area contributed by atoms with Crippen molar-refractivity contribution in [3.63, 3.8) is 0 Å². The number of amides is 4. The number of imide groups is 2. The lowest BCUT2D eigenvalue weighted by molar-refractivity contribution is -0.136. The molecule has 1 unspecified atom stereocenters. The summed E-state index contributed by atoms with van der Waals surface area (Å²) in [6, 6.07) is 4.44. The minimum atomic E-state index is -0.910. The topological polar surface area (TPSA) is 95.6 Å². The molecule has 2 N–H and O–H groups in total. The van der Waals surface area contributed by atoms with E-state index in [4.69, 9.17) is 0 Å². The number of fused-ring (bicyclic) bond motifs is 1. The zero-order chi connectivity index (χ0) is 18.3. The van der Waals surface area contributed by atoms with Crippen LogP contribution >= 0.6 is 0 Å². The second kappa shape index (κ2) is 6.64. The van der Waals surface area contributed by atoms with E-state index >= 15 is 0 Å². The van der Waals surface area contributed by atoms with E-state index in [1.54, 1.807) is 12.1 Å². The van der Waals surface area contributed by atoms with Gasteiger partial charge in [-0.25, -0.2) is 0 Å². The highest BCUT2D eigenvalue weighted by atomic mass is 16.2. The normalized spacial score (nSPS) is 24.0. The van der Waals surface area contributed by atoms with Gasteiger partial charge in [0.25, 0.3) is 11.8 Å². The van der Waals surface area contributed by atoms with E-state index in [1.807, 2.05) is 6.07 Å². The smallest absolute Gasteiger partial charge is 0.262 e. The largest absolute Gasteiger partial charge is 0.317 e. The lowest BCUT2D eigenvalue weighted by Crippen LogP contribution is -2.54. The number of nitrogens with zero attached hydrogens (tertiary/aromatic N) is 1. The van der Waals surface area contributed by atoms with E-state index < -0.39 is 23.8 Å². The Balaban J connectivity index is 1.62. The number of nitrogens with one attached hydrogen (secondary N) is 2. The Labute approximate surface area is 151 Å². The predicted molar refractivity (Wildman–Crippen MR) is 92.4 cm³/mol. The SMILES string of the molecule is O=C1CCC(N2C(=O)c3cccc(CC4CCNCC4)c3C2=O)C(=O)N1. The van der Waals surface area contributed by atoms with Gasteiger partial charge in [-0.05, 0) is 56.3 Å². The Hall–Kier alpha value is -2.54. The Bertz CT molecular complexity index is 798. The summed E-state index contributed by atoms with van der Waals surface area (Å²) in [6.45, 7) is 1.93. The molecule has 0 radical (unpaired) electrons. The molecule has 0 bridgehead atoms. The highest BCUT2D eigenvalue weighted by Crippen LogP contribution is 2.31. The third kappa shape index (κ3) is 2.82. The number of carbonyl (C=O) groups is 4. The van der Waals surface area contributed by atoms with Gasteiger partial charge in [-0.2, -0.15) is 0 Å². The van der Waals surface area contributed by atoms with E-state index in [1.165, 1.54) is 0 Å². The fourth-order valence-corrected chi connectivity index (χ4v) is 4.15. The number of hydrogen-bond acceptors (Lipinski definition) is 5. The third-order valence-corrected chi connectivity index (χ3v) is 5.52. The highest BCUT2D eigenvalue weighted by molar-refractivity contribution is 6.24. The van der Waals surface area contributed by atoms with Gasteiger partial charge in [0.1, 0.15) is 6.04 Å². The first-order chi connectivity index (χ1) is 12.6. The highest BCUT2D eigenvalue weighted by Gasteiger charge is 2.45. The fraction of sp³-hybridized carbons (Fsp3) is 0.474. The molecule has 0 saturated carbocycles. The maximum Gasteiger partial charge on any atom is 0.262 e. The number of benzene rings is 1. The number of hydrogen-bond donors (Lipinski definition) is 2. The van der Waals surface area contributed by atoms with E-state index in [2.05, 4.69) is 10.6 Å². The van der Waals surface area contributed by atoms with Crippen LogP contribution in [0.15, 0.2) is 18.2 Å². The van der Waals surface area contributed by atoms with Crippen LogP contribution < -0.4 is 10.6 Å². The van der Waals surface area contributed by atoms with Crippen molar-refractivity contribution in [1.29, 1.82) is 0 Å². The molecule has 7 nitrogen and oxygen atoms in total. The first kappa shape index (κ1) is 16.9. The van der Waals surface area contributed by atoms with Crippen molar-refractivity contribution in [2.75, 3.05) is 13.1 Å². The molecule has 7 heteroatoms. The van der Waals surface area contributed by atoms with Crippen LogP contribution in [0.3, 0.4) is 0 Å². The summed E-state index contributed by atoms with van der Waals surface area (Å²) in [5.74, 6) is -1.31. The summed E-state index contributed by atoms with van der Waals surface area (Å²) in [4.78, 5) is 50.4. The van der Waals surface area contributed by atoms with Crippen LogP contribution in [0.4, 0.5) is 0 Å². The standard InChI is InChI=1S/C19H21N3O4/c23-15-5-4-14(17(24)21-15)22-18(25)13-3-1-2-12(16(13)19(22)26)10-11-6-8-20-9-7-11/h1-3,11,14,20H,4-10H2,(H,21,23,24). The monoisotopic (exact) mass is 355 g/mol. The lowest BCUT2D eigenvalue weighted by atomic mass is 9.88. The molecular weight excluding hydrogens is 334 g/mol. The zero-order valence-corrected chi connectivity index (χ0v) is 14.4.